The number of sulfonamides is 1. The summed E-state index contributed by atoms with van der Waals surface area (Å²) < 4.78 is 30.5. The van der Waals surface area contributed by atoms with Gasteiger partial charge in [-0.25, -0.2) is 12.7 Å². The van der Waals surface area contributed by atoms with Crippen molar-refractivity contribution in [1.29, 1.82) is 0 Å². The van der Waals surface area contributed by atoms with Crippen molar-refractivity contribution in [2.75, 3.05) is 31.7 Å². The van der Waals surface area contributed by atoms with Gasteiger partial charge in [0, 0.05) is 30.8 Å². The van der Waals surface area contributed by atoms with Crippen LogP contribution in [0.5, 0.6) is 5.75 Å². The monoisotopic (exact) mass is 298 g/mol. The SMILES string of the molecule is Cc1ccc(N)cc1OCC1CCCN(S(C)(=O)=O)C1. The Labute approximate surface area is 120 Å². The van der Waals surface area contributed by atoms with Gasteiger partial charge in [0.15, 0.2) is 0 Å². The normalized spacial score (nSPS) is 20.8. The predicted octanol–water partition coefficient (Wildman–Crippen LogP) is 1.63. The lowest BCUT2D eigenvalue weighted by atomic mass is 10.0. The first kappa shape index (κ1) is 15.1. The van der Waals surface area contributed by atoms with E-state index in [1.165, 1.54) is 10.6 Å². The first-order valence-electron chi connectivity index (χ1n) is 6.80. The van der Waals surface area contributed by atoms with Crippen LogP contribution in [0.1, 0.15) is 18.4 Å². The van der Waals surface area contributed by atoms with Crippen LogP contribution in [0.2, 0.25) is 0 Å². The molecular formula is C14H22N2O3S. The number of anilines is 1. The molecule has 6 heteroatoms. The van der Waals surface area contributed by atoms with Crippen LogP contribution in [0, 0.1) is 12.8 Å². The minimum atomic E-state index is -3.10. The molecule has 1 heterocycles. The molecule has 0 radical (unpaired) electrons. The summed E-state index contributed by atoms with van der Waals surface area (Å²) in [6, 6.07) is 5.58. The average molecular weight is 298 g/mol. The van der Waals surface area contributed by atoms with Gasteiger partial charge in [-0.2, -0.15) is 0 Å². The topological polar surface area (TPSA) is 72.6 Å². The molecule has 112 valence electrons. The van der Waals surface area contributed by atoms with Crippen LogP contribution in [0.4, 0.5) is 5.69 Å². The van der Waals surface area contributed by atoms with Crippen LogP contribution >= 0.6 is 0 Å². The van der Waals surface area contributed by atoms with Gasteiger partial charge in [0.2, 0.25) is 10.0 Å². The lowest BCUT2D eigenvalue weighted by Crippen LogP contribution is -2.40. The van der Waals surface area contributed by atoms with Gasteiger partial charge in [-0.3, -0.25) is 0 Å². The third kappa shape index (κ3) is 3.86. The molecule has 1 unspecified atom stereocenters. The second kappa shape index (κ2) is 6.01. The lowest BCUT2D eigenvalue weighted by molar-refractivity contribution is 0.180. The highest BCUT2D eigenvalue weighted by Crippen LogP contribution is 2.24. The molecule has 1 aromatic carbocycles. The standard InChI is InChI=1S/C14H22N2O3S/c1-11-5-6-13(15)8-14(11)19-10-12-4-3-7-16(9-12)20(2,17)18/h5-6,8,12H,3-4,7,9-10,15H2,1-2H3. The van der Waals surface area contributed by atoms with E-state index < -0.39 is 10.0 Å². The van der Waals surface area contributed by atoms with Crippen molar-refractivity contribution in [2.45, 2.75) is 19.8 Å². The number of nitrogens with zero attached hydrogens (tertiary/aromatic N) is 1. The Balaban J connectivity index is 1.95. The minimum Gasteiger partial charge on any atom is -0.493 e. The van der Waals surface area contributed by atoms with Crippen LogP contribution in [0.25, 0.3) is 0 Å². The van der Waals surface area contributed by atoms with Crippen LogP contribution in [0.3, 0.4) is 0 Å². The summed E-state index contributed by atoms with van der Waals surface area (Å²) in [5, 5.41) is 0. The Morgan fingerprint density at radius 1 is 1.45 bits per heavy atom. The van der Waals surface area contributed by atoms with E-state index in [1.807, 2.05) is 25.1 Å². The molecular weight excluding hydrogens is 276 g/mol. The van der Waals surface area contributed by atoms with Crippen molar-refractivity contribution in [3.05, 3.63) is 23.8 Å². The highest BCUT2D eigenvalue weighted by atomic mass is 32.2. The fourth-order valence-electron chi connectivity index (χ4n) is 2.44. The molecule has 0 aromatic heterocycles. The van der Waals surface area contributed by atoms with E-state index in [9.17, 15) is 8.42 Å². The van der Waals surface area contributed by atoms with Gasteiger partial charge in [0.1, 0.15) is 5.75 Å². The molecule has 2 rings (SSSR count). The number of hydrogen-bond acceptors (Lipinski definition) is 4. The molecule has 1 saturated heterocycles. The summed E-state index contributed by atoms with van der Waals surface area (Å²) in [4.78, 5) is 0. The number of nitrogens with two attached hydrogens (primary N) is 1. The zero-order chi connectivity index (χ0) is 14.8. The largest absolute Gasteiger partial charge is 0.493 e. The smallest absolute Gasteiger partial charge is 0.211 e. The highest BCUT2D eigenvalue weighted by Gasteiger charge is 2.26. The number of rotatable bonds is 4. The fraction of sp³-hybridized carbons (Fsp3) is 0.571. The third-order valence-electron chi connectivity index (χ3n) is 3.64. The summed E-state index contributed by atoms with van der Waals surface area (Å²) in [5.41, 5.74) is 7.46. The average Bonchev–Trinajstić information content (AvgIpc) is 2.39. The van der Waals surface area contributed by atoms with E-state index in [1.54, 1.807) is 0 Å². The molecule has 2 N–H and O–H groups in total. The maximum Gasteiger partial charge on any atom is 0.211 e. The first-order valence-corrected chi connectivity index (χ1v) is 8.65. The van der Waals surface area contributed by atoms with E-state index in [4.69, 9.17) is 10.5 Å². The lowest BCUT2D eigenvalue weighted by Gasteiger charge is -2.30. The van der Waals surface area contributed by atoms with Crippen molar-refractivity contribution < 1.29 is 13.2 Å². The second-order valence-corrected chi connectivity index (χ2v) is 7.45. The summed E-state index contributed by atoms with van der Waals surface area (Å²) in [5.74, 6) is 1.01. The Hall–Kier alpha value is -1.27. The van der Waals surface area contributed by atoms with E-state index >= 15 is 0 Å². The summed E-state index contributed by atoms with van der Waals surface area (Å²) >= 11 is 0. The summed E-state index contributed by atoms with van der Waals surface area (Å²) in [6.07, 6.45) is 3.14. The van der Waals surface area contributed by atoms with Gasteiger partial charge in [0.25, 0.3) is 0 Å². The van der Waals surface area contributed by atoms with E-state index in [-0.39, 0.29) is 5.92 Å². The molecule has 0 amide bonds. The minimum absolute atomic E-state index is 0.235. The number of nitrogen functional groups attached to an aromatic ring is 1. The summed E-state index contributed by atoms with van der Waals surface area (Å²) in [7, 11) is -3.10. The molecule has 0 aliphatic carbocycles. The molecule has 1 aliphatic rings. The Morgan fingerprint density at radius 2 is 2.20 bits per heavy atom. The van der Waals surface area contributed by atoms with Crippen molar-refractivity contribution in [3.8, 4) is 5.75 Å². The van der Waals surface area contributed by atoms with E-state index in [0.717, 1.165) is 24.2 Å². The van der Waals surface area contributed by atoms with Gasteiger partial charge in [-0.05, 0) is 31.4 Å². The first-order chi connectivity index (χ1) is 9.36. The maximum atomic E-state index is 11.6. The Bertz CT molecular complexity index is 572. The maximum absolute atomic E-state index is 11.6. The number of hydrogen-bond donors (Lipinski definition) is 1. The fourth-order valence-corrected chi connectivity index (χ4v) is 3.39. The van der Waals surface area contributed by atoms with Gasteiger partial charge < -0.3 is 10.5 Å². The molecule has 20 heavy (non-hydrogen) atoms. The Morgan fingerprint density at radius 3 is 2.90 bits per heavy atom. The van der Waals surface area contributed by atoms with Crippen LogP contribution in [-0.2, 0) is 10.0 Å². The molecule has 1 aliphatic heterocycles. The van der Waals surface area contributed by atoms with E-state index in [2.05, 4.69) is 0 Å². The van der Waals surface area contributed by atoms with Crippen LogP contribution in [-0.4, -0.2) is 38.7 Å². The number of aryl methyl sites for hydroxylation is 1. The van der Waals surface area contributed by atoms with Crippen LogP contribution < -0.4 is 10.5 Å². The quantitative estimate of drug-likeness (QED) is 0.858. The van der Waals surface area contributed by atoms with Crippen molar-refractivity contribution >= 4 is 15.7 Å². The number of piperidine rings is 1. The zero-order valence-corrected chi connectivity index (χ0v) is 12.8. The molecule has 0 bridgehead atoms. The van der Waals surface area contributed by atoms with Gasteiger partial charge in [-0.15, -0.1) is 0 Å². The zero-order valence-electron chi connectivity index (χ0n) is 12.0. The van der Waals surface area contributed by atoms with Crippen molar-refractivity contribution in [1.82, 2.24) is 4.31 Å². The van der Waals surface area contributed by atoms with E-state index in [0.29, 0.717) is 25.4 Å². The van der Waals surface area contributed by atoms with Gasteiger partial charge in [0.05, 0.1) is 12.9 Å². The Kier molecular flexibility index (Phi) is 4.55. The molecule has 1 fully saturated rings. The van der Waals surface area contributed by atoms with Gasteiger partial charge in [-0.1, -0.05) is 6.07 Å². The molecule has 0 spiro atoms. The predicted molar refractivity (Wildman–Crippen MR) is 80.2 cm³/mol. The molecule has 1 aromatic rings. The van der Waals surface area contributed by atoms with Crippen LogP contribution in [0.15, 0.2) is 18.2 Å². The van der Waals surface area contributed by atoms with Crippen molar-refractivity contribution in [3.63, 3.8) is 0 Å². The highest BCUT2D eigenvalue weighted by molar-refractivity contribution is 7.88. The number of ether oxygens (including phenoxy) is 1. The van der Waals surface area contributed by atoms with Crippen molar-refractivity contribution in [2.24, 2.45) is 5.92 Å². The number of benzene rings is 1. The second-order valence-electron chi connectivity index (χ2n) is 5.47. The molecule has 1 atom stereocenters. The van der Waals surface area contributed by atoms with Gasteiger partial charge >= 0.3 is 0 Å². The third-order valence-corrected chi connectivity index (χ3v) is 4.91. The molecule has 5 nitrogen and oxygen atoms in total. The summed E-state index contributed by atoms with van der Waals surface area (Å²) in [6.45, 7) is 3.65. The molecule has 0 saturated carbocycles.